The monoisotopic (exact) mass is 411 g/mol. The third-order valence-corrected chi connectivity index (χ3v) is 6.91. The molecule has 0 N–H and O–H groups in total. The van der Waals surface area contributed by atoms with Crippen molar-refractivity contribution in [2.24, 2.45) is 0 Å². The first-order valence-corrected chi connectivity index (χ1v) is 11.3. The predicted molar refractivity (Wildman–Crippen MR) is 120 cm³/mol. The Labute approximate surface area is 176 Å². The molecule has 1 aromatic carbocycles. The van der Waals surface area contributed by atoms with Crippen molar-refractivity contribution in [1.29, 1.82) is 0 Å². The van der Waals surface area contributed by atoms with E-state index in [0.29, 0.717) is 15.0 Å². The molecule has 1 aromatic heterocycles. The summed E-state index contributed by atoms with van der Waals surface area (Å²) >= 11 is 6.99. The number of thioether (sulfide) groups is 1. The number of carbonyl (C=O) groups is 1. The van der Waals surface area contributed by atoms with Crippen LogP contribution in [0, 0.1) is 6.92 Å². The molecule has 28 heavy (non-hydrogen) atoms. The lowest BCUT2D eigenvalue weighted by Gasteiger charge is -2.28. The number of nitrogens with zero attached hydrogens (tertiary/aromatic N) is 1. The molecule has 2 aliphatic rings. The molecular weight excluding hydrogens is 386 g/mol. The van der Waals surface area contributed by atoms with E-state index in [1.54, 1.807) is 6.26 Å². The van der Waals surface area contributed by atoms with E-state index in [1.165, 1.54) is 49.4 Å². The number of carbonyl (C=O) groups excluding carboxylic acids is 1. The van der Waals surface area contributed by atoms with Crippen LogP contribution in [-0.4, -0.2) is 21.2 Å². The smallest absolute Gasteiger partial charge is 0.266 e. The maximum atomic E-state index is 13.1. The zero-order chi connectivity index (χ0) is 19.5. The van der Waals surface area contributed by atoms with Gasteiger partial charge in [-0.25, -0.2) is 0 Å². The van der Waals surface area contributed by atoms with Gasteiger partial charge in [-0.3, -0.25) is 9.69 Å². The lowest BCUT2D eigenvalue weighted by atomic mass is 9.96. The Morgan fingerprint density at radius 3 is 2.46 bits per heavy atom. The molecule has 1 saturated carbocycles. The number of hydrogen-bond donors (Lipinski definition) is 0. The average molecular weight is 412 g/mol. The maximum absolute atomic E-state index is 13.1. The molecule has 1 aliphatic carbocycles. The van der Waals surface area contributed by atoms with Crippen LogP contribution in [0.25, 0.3) is 17.2 Å². The SMILES string of the molecule is Cc1ccc(-c2ccoc2/C=C2\SC(=S)N(C3CCCCCCC3)C2=O)cc1. The second-order valence-corrected chi connectivity index (χ2v) is 9.29. The minimum atomic E-state index is 0.0341. The van der Waals surface area contributed by atoms with Gasteiger partial charge in [0.15, 0.2) is 0 Å². The Kier molecular flexibility index (Phi) is 6.02. The van der Waals surface area contributed by atoms with Gasteiger partial charge in [-0.15, -0.1) is 0 Å². The Morgan fingerprint density at radius 2 is 1.75 bits per heavy atom. The van der Waals surface area contributed by atoms with Crippen LogP contribution >= 0.6 is 24.0 Å². The highest BCUT2D eigenvalue weighted by molar-refractivity contribution is 8.26. The number of benzene rings is 1. The molecule has 2 aromatic rings. The minimum Gasteiger partial charge on any atom is -0.464 e. The van der Waals surface area contributed by atoms with Gasteiger partial charge in [0.05, 0.1) is 11.2 Å². The van der Waals surface area contributed by atoms with Gasteiger partial charge < -0.3 is 4.42 Å². The summed E-state index contributed by atoms with van der Waals surface area (Å²) in [6.45, 7) is 2.07. The van der Waals surface area contributed by atoms with Crippen molar-refractivity contribution in [3.8, 4) is 11.1 Å². The molecule has 1 amide bonds. The first-order valence-electron chi connectivity index (χ1n) is 10.0. The molecule has 2 heterocycles. The van der Waals surface area contributed by atoms with E-state index in [9.17, 15) is 4.79 Å². The summed E-state index contributed by atoms with van der Waals surface area (Å²) < 4.78 is 6.39. The molecule has 1 aliphatic heterocycles. The van der Waals surface area contributed by atoms with Gasteiger partial charge >= 0.3 is 0 Å². The number of aryl methyl sites for hydroxylation is 1. The summed E-state index contributed by atoms with van der Waals surface area (Å²) in [5.74, 6) is 0.744. The quantitative estimate of drug-likeness (QED) is 0.422. The van der Waals surface area contributed by atoms with Gasteiger partial charge in [0.25, 0.3) is 5.91 Å². The summed E-state index contributed by atoms with van der Waals surface area (Å²) in [6, 6.07) is 10.5. The third kappa shape index (κ3) is 4.11. The van der Waals surface area contributed by atoms with Crippen molar-refractivity contribution in [1.82, 2.24) is 4.90 Å². The molecule has 146 valence electrons. The summed E-state index contributed by atoms with van der Waals surface area (Å²) in [5.41, 5.74) is 3.30. The Morgan fingerprint density at radius 1 is 1.07 bits per heavy atom. The van der Waals surface area contributed by atoms with Gasteiger partial charge in [-0.05, 0) is 31.4 Å². The maximum Gasteiger partial charge on any atom is 0.266 e. The molecule has 0 atom stereocenters. The summed E-state index contributed by atoms with van der Waals surface area (Å²) in [5, 5.41) is 0. The van der Waals surface area contributed by atoms with Crippen molar-refractivity contribution in [3.63, 3.8) is 0 Å². The van der Waals surface area contributed by atoms with Crippen molar-refractivity contribution in [2.75, 3.05) is 0 Å². The second kappa shape index (κ2) is 8.66. The van der Waals surface area contributed by atoms with E-state index in [0.717, 1.165) is 24.0 Å². The highest BCUT2D eigenvalue weighted by atomic mass is 32.2. The molecule has 0 radical (unpaired) electrons. The van der Waals surface area contributed by atoms with Crippen molar-refractivity contribution in [3.05, 3.63) is 52.8 Å². The number of amides is 1. The fourth-order valence-corrected chi connectivity index (χ4v) is 5.38. The number of thiocarbonyl (C=S) groups is 1. The highest BCUT2D eigenvalue weighted by Crippen LogP contribution is 2.38. The van der Waals surface area contributed by atoms with E-state index in [2.05, 4.69) is 31.2 Å². The first-order chi connectivity index (χ1) is 13.6. The molecule has 0 spiro atoms. The van der Waals surface area contributed by atoms with E-state index in [4.69, 9.17) is 16.6 Å². The molecular formula is C23H25NO2S2. The first kappa shape index (κ1) is 19.5. The number of furan rings is 1. The fourth-order valence-electron chi connectivity index (χ4n) is 4.01. The molecule has 0 bridgehead atoms. The molecule has 4 rings (SSSR count). The number of rotatable bonds is 3. The number of hydrogen-bond acceptors (Lipinski definition) is 4. The summed E-state index contributed by atoms with van der Waals surface area (Å²) in [6.07, 6.45) is 11.8. The average Bonchev–Trinajstić information content (AvgIpc) is 3.21. The van der Waals surface area contributed by atoms with E-state index < -0.39 is 0 Å². The lowest BCUT2D eigenvalue weighted by molar-refractivity contribution is -0.123. The molecule has 1 saturated heterocycles. The second-order valence-electron chi connectivity index (χ2n) is 7.62. The Balaban J connectivity index is 1.58. The van der Waals surface area contributed by atoms with Gasteiger partial charge in [-0.1, -0.05) is 85.9 Å². The van der Waals surface area contributed by atoms with Gasteiger partial charge in [0.2, 0.25) is 0 Å². The molecule has 3 nitrogen and oxygen atoms in total. The van der Waals surface area contributed by atoms with Crippen LogP contribution in [0.1, 0.15) is 56.3 Å². The van der Waals surface area contributed by atoms with Gasteiger partial charge in [0.1, 0.15) is 10.1 Å². The predicted octanol–water partition coefficient (Wildman–Crippen LogP) is 6.57. The van der Waals surface area contributed by atoms with Gasteiger partial charge in [0, 0.05) is 17.7 Å². The topological polar surface area (TPSA) is 33.5 Å². The zero-order valence-corrected chi connectivity index (χ0v) is 17.8. The fraction of sp³-hybridized carbons (Fsp3) is 0.391. The Hall–Kier alpha value is -1.85. The minimum absolute atomic E-state index is 0.0341. The summed E-state index contributed by atoms with van der Waals surface area (Å²) in [7, 11) is 0. The third-order valence-electron chi connectivity index (χ3n) is 5.58. The highest BCUT2D eigenvalue weighted by Gasteiger charge is 2.37. The van der Waals surface area contributed by atoms with Crippen LogP contribution in [0.5, 0.6) is 0 Å². The summed E-state index contributed by atoms with van der Waals surface area (Å²) in [4.78, 5) is 15.7. The van der Waals surface area contributed by atoms with Crippen molar-refractivity contribution >= 4 is 40.3 Å². The lowest BCUT2D eigenvalue weighted by Crippen LogP contribution is -2.39. The van der Waals surface area contributed by atoms with Crippen LogP contribution in [0.15, 0.2) is 45.9 Å². The standard InChI is InChI=1S/C23H25NO2S2/c1-16-9-11-17(12-10-16)19-13-14-26-20(19)15-21-22(25)24(23(27)28-21)18-7-5-3-2-4-6-8-18/h9-15,18H,2-8H2,1H3/b21-15-. The zero-order valence-electron chi connectivity index (χ0n) is 16.1. The molecule has 5 heteroatoms. The van der Waals surface area contributed by atoms with E-state index >= 15 is 0 Å². The van der Waals surface area contributed by atoms with Crippen molar-refractivity contribution < 1.29 is 9.21 Å². The molecule has 0 unspecified atom stereocenters. The Bertz CT molecular complexity index is 890. The van der Waals surface area contributed by atoms with Crippen molar-refractivity contribution in [2.45, 2.75) is 57.9 Å². The largest absolute Gasteiger partial charge is 0.464 e. The van der Waals surface area contributed by atoms with E-state index in [1.807, 2.05) is 17.0 Å². The van der Waals surface area contributed by atoms with Gasteiger partial charge in [-0.2, -0.15) is 0 Å². The van der Waals surface area contributed by atoms with Crippen LogP contribution < -0.4 is 0 Å². The molecule has 2 fully saturated rings. The van der Waals surface area contributed by atoms with Crippen LogP contribution in [0.3, 0.4) is 0 Å². The van der Waals surface area contributed by atoms with Crippen LogP contribution in [0.2, 0.25) is 0 Å². The normalized spacial score (nSPS) is 20.6. The van der Waals surface area contributed by atoms with Crippen LogP contribution in [-0.2, 0) is 4.79 Å². The van der Waals surface area contributed by atoms with E-state index in [-0.39, 0.29) is 11.9 Å². The van der Waals surface area contributed by atoms with Crippen LogP contribution in [0.4, 0.5) is 0 Å².